The van der Waals surface area contributed by atoms with E-state index >= 15 is 0 Å². The lowest BCUT2D eigenvalue weighted by Crippen LogP contribution is -2.25. The van der Waals surface area contributed by atoms with Crippen LogP contribution in [0.15, 0.2) is 18.3 Å². The fraction of sp³-hybridized carbons (Fsp3) is 0.417. The molecular weight excluding hydrogens is 234 g/mol. The molecular formula is C12H17N3O3. The summed E-state index contributed by atoms with van der Waals surface area (Å²) in [4.78, 5) is 22.0. The van der Waals surface area contributed by atoms with Crippen molar-refractivity contribution in [3.8, 4) is 0 Å². The molecule has 98 valence electrons. The van der Waals surface area contributed by atoms with Gasteiger partial charge in [-0.25, -0.2) is 0 Å². The quantitative estimate of drug-likeness (QED) is 0.727. The molecule has 2 N–H and O–H groups in total. The topological polar surface area (TPSA) is 84.2 Å². The van der Waals surface area contributed by atoms with Crippen molar-refractivity contribution in [1.29, 1.82) is 0 Å². The minimum Gasteiger partial charge on any atom is -0.481 e. The maximum absolute atomic E-state index is 11.4. The van der Waals surface area contributed by atoms with E-state index in [9.17, 15) is 9.59 Å². The lowest BCUT2D eigenvalue weighted by molar-refractivity contribution is -0.141. The second kappa shape index (κ2) is 6.58. The van der Waals surface area contributed by atoms with Gasteiger partial charge in [-0.05, 0) is 18.6 Å². The number of nitrogens with zero attached hydrogens (tertiary/aromatic N) is 2. The van der Waals surface area contributed by atoms with E-state index in [0.717, 1.165) is 5.69 Å². The van der Waals surface area contributed by atoms with Gasteiger partial charge < -0.3 is 10.4 Å². The molecule has 1 unspecified atom stereocenters. The lowest BCUT2D eigenvalue weighted by atomic mass is 10.1. The Morgan fingerprint density at radius 2 is 2.33 bits per heavy atom. The molecule has 0 radical (unpaired) electrons. The monoisotopic (exact) mass is 251 g/mol. The Labute approximate surface area is 105 Å². The standard InChI is InChI=1S/C12H17N3O3/c1-9(12(17)18)5-7-13-11(16)4-3-10-6-8-14-15(10)2/h3-4,6,8-9H,5,7H2,1-2H3,(H,13,16)(H,17,18)/b4-3+. The molecule has 0 fully saturated rings. The molecule has 0 aliphatic rings. The zero-order valence-corrected chi connectivity index (χ0v) is 10.5. The molecule has 0 aliphatic heterocycles. The van der Waals surface area contributed by atoms with Gasteiger partial charge in [-0.3, -0.25) is 14.3 Å². The molecule has 0 saturated heterocycles. The molecule has 18 heavy (non-hydrogen) atoms. The van der Waals surface area contributed by atoms with Gasteiger partial charge in [-0.15, -0.1) is 0 Å². The fourth-order valence-corrected chi connectivity index (χ4v) is 1.30. The van der Waals surface area contributed by atoms with Crippen molar-refractivity contribution in [1.82, 2.24) is 15.1 Å². The van der Waals surface area contributed by atoms with Crippen molar-refractivity contribution < 1.29 is 14.7 Å². The van der Waals surface area contributed by atoms with E-state index in [-0.39, 0.29) is 5.91 Å². The van der Waals surface area contributed by atoms with E-state index in [4.69, 9.17) is 5.11 Å². The Morgan fingerprint density at radius 1 is 1.61 bits per heavy atom. The summed E-state index contributed by atoms with van der Waals surface area (Å²) in [5.41, 5.74) is 0.823. The Morgan fingerprint density at radius 3 is 2.89 bits per heavy atom. The number of hydrogen-bond donors (Lipinski definition) is 2. The summed E-state index contributed by atoms with van der Waals surface area (Å²) in [7, 11) is 1.78. The van der Waals surface area contributed by atoms with Crippen LogP contribution in [0, 0.1) is 5.92 Å². The highest BCUT2D eigenvalue weighted by molar-refractivity contribution is 5.91. The Bertz CT molecular complexity index is 451. The van der Waals surface area contributed by atoms with Crippen LogP contribution < -0.4 is 5.32 Å². The van der Waals surface area contributed by atoms with Crippen LogP contribution in [0.1, 0.15) is 19.0 Å². The van der Waals surface area contributed by atoms with Crippen molar-refractivity contribution in [2.24, 2.45) is 13.0 Å². The number of carboxylic acid groups (broad SMARTS) is 1. The summed E-state index contributed by atoms with van der Waals surface area (Å²) >= 11 is 0. The maximum atomic E-state index is 11.4. The van der Waals surface area contributed by atoms with Crippen LogP contribution >= 0.6 is 0 Å². The molecule has 1 aromatic rings. The molecule has 1 atom stereocenters. The molecule has 0 aliphatic carbocycles. The third-order valence-corrected chi connectivity index (χ3v) is 2.56. The number of carbonyl (C=O) groups excluding carboxylic acids is 1. The van der Waals surface area contributed by atoms with Gasteiger partial charge in [0, 0.05) is 25.9 Å². The third-order valence-electron chi connectivity index (χ3n) is 2.56. The van der Waals surface area contributed by atoms with Crippen molar-refractivity contribution in [2.75, 3.05) is 6.54 Å². The molecule has 1 heterocycles. The van der Waals surface area contributed by atoms with Gasteiger partial charge in [-0.2, -0.15) is 5.10 Å². The molecule has 0 aromatic carbocycles. The normalized spacial score (nSPS) is 12.6. The van der Waals surface area contributed by atoms with Gasteiger partial charge in [0.25, 0.3) is 0 Å². The molecule has 1 rings (SSSR count). The fourth-order valence-electron chi connectivity index (χ4n) is 1.30. The van der Waals surface area contributed by atoms with Gasteiger partial charge in [0.05, 0.1) is 11.6 Å². The maximum Gasteiger partial charge on any atom is 0.306 e. The number of carbonyl (C=O) groups is 2. The van der Waals surface area contributed by atoms with E-state index in [1.807, 2.05) is 0 Å². The number of rotatable bonds is 6. The van der Waals surface area contributed by atoms with Crippen LogP contribution in [0.3, 0.4) is 0 Å². The predicted molar refractivity (Wildman–Crippen MR) is 66.7 cm³/mol. The third kappa shape index (κ3) is 4.40. The highest BCUT2D eigenvalue weighted by Crippen LogP contribution is 2.00. The van der Waals surface area contributed by atoms with Crippen molar-refractivity contribution >= 4 is 18.0 Å². The zero-order chi connectivity index (χ0) is 13.5. The second-order valence-electron chi connectivity index (χ2n) is 4.03. The Hall–Kier alpha value is -2.11. The predicted octanol–water partition coefficient (Wildman–Crippen LogP) is 0.660. The van der Waals surface area contributed by atoms with Crippen LogP contribution in [-0.2, 0) is 16.6 Å². The number of nitrogens with one attached hydrogen (secondary N) is 1. The second-order valence-corrected chi connectivity index (χ2v) is 4.03. The minimum atomic E-state index is -0.852. The van der Waals surface area contributed by atoms with E-state index in [1.165, 1.54) is 6.08 Å². The zero-order valence-electron chi connectivity index (χ0n) is 10.5. The molecule has 0 saturated carbocycles. The summed E-state index contributed by atoms with van der Waals surface area (Å²) in [5.74, 6) is -1.55. The summed E-state index contributed by atoms with van der Waals surface area (Å²) in [5, 5.41) is 15.3. The first kappa shape index (κ1) is 14.0. The largest absolute Gasteiger partial charge is 0.481 e. The Kier molecular flexibility index (Phi) is 5.10. The molecule has 1 aromatic heterocycles. The number of amides is 1. The molecule has 0 bridgehead atoms. The number of aliphatic carboxylic acids is 1. The highest BCUT2D eigenvalue weighted by Gasteiger charge is 2.10. The molecule has 1 amide bonds. The van der Waals surface area contributed by atoms with Gasteiger partial charge in [0.1, 0.15) is 0 Å². The van der Waals surface area contributed by atoms with Crippen LogP contribution in [0.4, 0.5) is 0 Å². The molecule has 0 spiro atoms. The number of hydrogen-bond acceptors (Lipinski definition) is 3. The van der Waals surface area contributed by atoms with Crippen molar-refractivity contribution in [2.45, 2.75) is 13.3 Å². The van der Waals surface area contributed by atoms with Crippen molar-refractivity contribution in [3.05, 3.63) is 24.0 Å². The smallest absolute Gasteiger partial charge is 0.306 e. The highest BCUT2D eigenvalue weighted by atomic mass is 16.4. The van der Waals surface area contributed by atoms with E-state index < -0.39 is 11.9 Å². The number of aromatic nitrogens is 2. The first-order chi connectivity index (χ1) is 8.50. The number of carboxylic acids is 1. The Balaban J connectivity index is 2.32. The van der Waals surface area contributed by atoms with Crippen LogP contribution in [0.5, 0.6) is 0 Å². The van der Waals surface area contributed by atoms with Crippen molar-refractivity contribution in [3.63, 3.8) is 0 Å². The minimum absolute atomic E-state index is 0.242. The van der Waals surface area contributed by atoms with E-state index in [0.29, 0.717) is 13.0 Å². The molecule has 6 heteroatoms. The van der Waals surface area contributed by atoms with Gasteiger partial charge in [0.2, 0.25) is 5.91 Å². The summed E-state index contributed by atoms with van der Waals surface area (Å²) in [6.07, 6.45) is 5.12. The lowest BCUT2D eigenvalue weighted by Gasteiger charge is -2.05. The van der Waals surface area contributed by atoms with Gasteiger partial charge in [-0.1, -0.05) is 6.92 Å². The number of aryl methyl sites for hydroxylation is 1. The summed E-state index contributed by atoms with van der Waals surface area (Å²) < 4.78 is 1.65. The molecule has 6 nitrogen and oxygen atoms in total. The van der Waals surface area contributed by atoms with E-state index in [2.05, 4.69) is 10.4 Å². The van der Waals surface area contributed by atoms with Crippen LogP contribution in [-0.4, -0.2) is 33.3 Å². The van der Waals surface area contributed by atoms with Crippen LogP contribution in [0.2, 0.25) is 0 Å². The average Bonchev–Trinajstić information content (AvgIpc) is 2.72. The first-order valence-corrected chi connectivity index (χ1v) is 5.67. The summed E-state index contributed by atoms with van der Waals surface area (Å²) in [6, 6.07) is 1.79. The van der Waals surface area contributed by atoms with Gasteiger partial charge in [0.15, 0.2) is 0 Å². The average molecular weight is 251 g/mol. The van der Waals surface area contributed by atoms with E-state index in [1.54, 1.807) is 37.0 Å². The van der Waals surface area contributed by atoms with Crippen LogP contribution in [0.25, 0.3) is 6.08 Å². The summed E-state index contributed by atoms with van der Waals surface area (Å²) in [6.45, 7) is 1.96. The SMILES string of the molecule is CC(CCNC(=O)/C=C/c1ccnn1C)C(=O)O. The first-order valence-electron chi connectivity index (χ1n) is 5.67. The van der Waals surface area contributed by atoms with Gasteiger partial charge >= 0.3 is 5.97 Å².